The summed E-state index contributed by atoms with van der Waals surface area (Å²) in [6, 6.07) is 0. The molecule has 0 amide bonds. The number of aliphatic hydroxyl groups excluding tert-OH is 1. The smallest absolute Gasteiger partial charge is 0.157 e. The number of ether oxygens (including phenoxy) is 2. The zero-order valence-electron chi connectivity index (χ0n) is 11.7. The fraction of sp³-hybridized carbons (Fsp3) is 0.875. The van der Waals surface area contributed by atoms with Crippen LogP contribution in [0.1, 0.15) is 44.9 Å². The third-order valence-corrected chi connectivity index (χ3v) is 4.96. The largest absolute Gasteiger partial charge is 0.393 e. The molecule has 0 radical (unpaired) electrons. The molecule has 3 heteroatoms. The van der Waals surface area contributed by atoms with E-state index in [4.69, 9.17) is 9.47 Å². The molecule has 4 atom stereocenters. The van der Waals surface area contributed by atoms with Gasteiger partial charge in [0.15, 0.2) is 6.29 Å². The van der Waals surface area contributed by atoms with Crippen LogP contribution in [0.25, 0.3) is 0 Å². The number of hydrogen-bond donors (Lipinski definition) is 1. The van der Waals surface area contributed by atoms with Crippen LogP contribution in [0.2, 0.25) is 0 Å². The van der Waals surface area contributed by atoms with Gasteiger partial charge < -0.3 is 14.6 Å². The van der Waals surface area contributed by atoms with Crippen molar-refractivity contribution in [1.29, 1.82) is 0 Å². The first kappa shape index (κ1) is 13.6. The summed E-state index contributed by atoms with van der Waals surface area (Å²) in [6.45, 7) is 1.41. The summed E-state index contributed by atoms with van der Waals surface area (Å²) in [5.74, 6) is 2.61. The van der Waals surface area contributed by atoms with Crippen LogP contribution in [0, 0.1) is 17.8 Å². The highest BCUT2D eigenvalue weighted by atomic mass is 16.7. The van der Waals surface area contributed by atoms with Gasteiger partial charge in [-0.1, -0.05) is 18.6 Å². The van der Waals surface area contributed by atoms with Gasteiger partial charge in [-0.15, -0.1) is 0 Å². The molecule has 19 heavy (non-hydrogen) atoms. The van der Waals surface area contributed by atoms with Gasteiger partial charge in [-0.3, -0.25) is 0 Å². The molecule has 0 aromatic heterocycles. The van der Waals surface area contributed by atoms with Crippen molar-refractivity contribution in [2.75, 3.05) is 13.2 Å². The predicted molar refractivity (Wildman–Crippen MR) is 73.6 cm³/mol. The van der Waals surface area contributed by atoms with Gasteiger partial charge >= 0.3 is 0 Å². The van der Waals surface area contributed by atoms with Crippen LogP contribution in [-0.4, -0.2) is 30.7 Å². The average Bonchev–Trinajstić information content (AvgIpc) is 3.13. The van der Waals surface area contributed by atoms with Gasteiger partial charge in [0.1, 0.15) is 0 Å². The molecule has 1 heterocycles. The topological polar surface area (TPSA) is 38.7 Å². The van der Waals surface area contributed by atoms with Crippen molar-refractivity contribution in [3.05, 3.63) is 12.2 Å². The minimum absolute atomic E-state index is 0.0645. The minimum atomic E-state index is -0.179. The lowest BCUT2D eigenvalue weighted by atomic mass is 9.88. The van der Waals surface area contributed by atoms with E-state index in [1.54, 1.807) is 0 Å². The van der Waals surface area contributed by atoms with E-state index in [2.05, 4.69) is 12.2 Å². The molecule has 2 bridgehead atoms. The van der Waals surface area contributed by atoms with Crippen LogP contribution in [-0.2, 0) is 9.47 Å². The van der Waals surface area contributed by atoms with E-state index in [1.807, 2.05) is 0 Å². The predicted octanol–water partition coefficient (Wildman–Crippen LogP) is 2.88. The summed E-state index contributed by atoms with van der Waals surface area (Å²) in [5, 5.41) is 9.99. The van der Waals surface area contributed by atoms with E-state index >= 15 is 0 Å². The van der Waals surface area contributed by atoms with Gasteiger partial charge in [0, 0.05) is 6.42 Å². The van der Waals surface area contributed by atoms with Crippen molar-refractivity contribution in [1.82, 2.24) is 0 Å². The molecule has 1 aliphatic heterocycles. The lowest BCUT2D eigenvalue weighted by Gasteiger charge is -2.19. The van der Waals surface area contributed by atoms with Crippen molar-refractivity contribution in [2.24, 2.45) is 17.8 Å². The minimum Gasteiger partial charge on any atom is -0.393 e. The van der Waals surface area contributed by atoms with E-state index < -0.39 is 0 Å². The summed E-state index contributed by atoms with van der Waals surface area (Å²) in [4.78, 5) is 0. The fourth-order valence-electron chi connectivity index (χ4n) is 3.89. The quantitative estimate of drug-likeness (QED) is 0.720. The first-order valence-electron chi connectivity index (χ1n) is 7.91. The number of fused-ring (bicyclic) bond motifs is 2. The zero-order chi connectivity index (χ0) is 13.1. The number of hydrogen-bond acceptors (Lipinski definition) is 3. The van der Waals surface area contributed by atoms with Gasteiger partial charge in [0.05, 0.1) is 19.3 Å². The standard InChI is InChI=1S/C16H26O3/c17-15(6-7-16-18-8-9-19-16)3-1-2-13-10-12-4-5-14(13)11-12/h4-5,12-17H,1-3,6-11H2. The molecule has 0 aromatic rings. The Bertz CT molecular complexity index is 309. The summed E-state index contributed by atoms with van der Waals surface area (Å²) >= 11 is 0. The molecule has 0 spiro atoms. The Morgan fingerprint density at radius 1 is 1.05 bits per heavy atom. The average molecular weight is 266 g/mol. The zero-order valence-corrected chi connectivity index (χ0v) is 11.7. The van der Waals surface area contributed by atoms with Crippen LogP contribution in [0.4, 0.5) is 0 Å². The van der Waals surface area contributed by atoms with Crippen LogP contribution >= 0.6 is 0 Å². The molecule has 0 aromatic carbocycles. The first-order chi connectivity index (χ1) is 9.31. The highest BCUT2D eigenvalue weighted by Crippen LogP contribution is 2.45. The summed E-state index contributed by atoms with van der Waals surface area (Å²) in [6.07, 6.45) is 12.4. The second kappa shape index (κ2) is 6.38. The van der Waals surface area contributed by atoms with Gasteiger partial charge in [-0.2, -0.15) is 0 Å². The van der Waals surface area contributed by atoms with Gasteiger partial charge in [-0.25, -0.2) is 0 Å². The van der Waals surface area contributed by atoms with Crippen LogP contribution < -0.4 is 0 Å². The lowest BCUT2D eigenvalue weighted by Crippen LogP contribution is -2.14. The van der Waals surface area contributed by atoms with E-state index in [1.165, 1.54) is 19.3 Å². The number of allylic oxidation sites excluding steroid dienone is 2. The van der Waals surface area contributed by atoms with Crippen molar-refractivity contribution in [3.63, 3.8) is 0 Å². The molecular formula is C16H26O3. The van der Waals surface area contributed by atoms with Crippen LogP contribution in [0.15, 0.2) is 12.2 Å². The van der Waals surface area contributed by atoms with E-state index in [0.717, 1.165) is 43.4 Å². The molecule has 108 valence electrons. The van der Waals surface area contributed by atoms with Crippen LogP contribution in [0.3, 0.4) is 0 Å². The molecule has 1 N–H and O–H groups in total. The van der Waals surface area contributed by atoms with Gasteiger partial charge in [-0.05, 0) is 49.9 Å². The Morgan fingerprint density at radius 3 is 2.58 bits per heavy atom. The van der Waals surface area contributed by atoms with Gasteiger partial charge in [0.25, 0.3) is 0 Å². The molecule has 4 unspecified atom stereocenters. The summed E-state index contributed by atoms with van der Waals surface area (Å²) in [5.41, 5.74) is 0. The lowest BCUT2D eigenvalue weighted by molar-refractivity contribution is -0.0544. The van der Waals surface area contributed by atoms with E-state index in [0.29, 0.717) is 13.2 Å². The molecule has 3 aliphatic rings. The maximum absolute atomic E-state index is 9.99. The fourth-order valence-corrected chi connectivity index (χ4v) is 3.89. The Kier molecular flexibility index (Phi) is 4.57. The van der Waals surface area contributed by atoms with E-state index in [-0.39, 0.29) is 12.4 Å². The SMILES string of the molecule is OC(CCCC1CC2C=CC1C2)CCC1OCCO1. The summed E-state index contributed by atoms with van der Waals surface area (Å²) in [7, 11) is 0. The molecule has 3 rings (SSSR count). The third-order valence-electron chi connectivity index (χ3n) is 4.96. The molecule has 2 fully saturated rings. The van der Waals surface area contributed by atoms with E-state index in [9.17, 15) is 5.11 Å². The molecular weight excluding hydrogens is 240 g/mol. The Labute approximate surface area is 116 Å². The van der Waals surface area contributed by atoms with Crippen molar-refractivity contribution in [2.45, 2.75) is 57.3 Å². The molecule has 1 saturated heterocycles. The Morgan fingerprint density at radius 2 is 1.89 bits per heavy atom. The Hall–Kier alpha value is -0.380. The van der Waals surface area contributed by atoms with Gasteiger partial charge in [0.2, 0.25) is 0 Å². The van der Waals surface area contributed by atoms with Crippen molar-refractivity contribution in [3.8, 4) is 0 Å². The van der Waals surface area contributed by atoms with Crippen LogP contribution in [0.5, 0.6) is 0 Å². The monoisotopic (exact) mass is 266 g/mol. The molecule has 3 nitrogen and oxygen atoms in total. The highest BCUT2D eigenvalue weighted by molar-refractivity contribution is 5.09. The molecule has 1 saturated carbocycles. The Balaban J connectivity index is 1.26. The summed E-state index contributed by atoms with van der Waals surface area (Å²) < 4.78 is 10.8. The van der Waals surface area contributed by atoms with Crippen molar-refractivity contribution >= 4 is 0 Å². The number of aliphatic hydroxyl groups is 1. The maximum atomic E-state index is 9.99. The second-order valence-electron chi connectivity index (χ2n) is 6.37. The molecule has 2 aliphatic carbocycles. The highest BCUT2D eigenvalue weighted by Gasteiger charge is 2.34. The second-order valence-corrected chi connectivity index (χ2v) is 6.37. The normalized spacial score (nSPS) is 35.3. The maximum Gasteiger partial charge on any atom is 0.157 e. The third kappa shape index (κ3) is 3.59. The number of rotatable bonds is 7. The first-order valence-corrected chi connectivity index (χ1v) is 7.91. The van der Waals surface area contributed by atoms with Crippen molar-refractivity contribution < 1.29 is 14.6 Å².